The first-order valence-corrected chi connectivity index (χ1v) is 8.88. The number of hydrogen-bond acceptors (Lipinski definition) is 6. The van der Waals surface area contributed by atoms with Gasteiger partial charge in [0.15, 0.2) is 5.82 Å². The second-order valence-electron chi connectivity index (χ2n) is 6.25. The van der Waals surface area contributed by atoms with Gasteiger partial charge in [-0.1, -0.05) is 6.07 Å². The van der Waals surface area contributed by atoms with Gasteiger partial charge in [0.05, 0.1) is 24.0 Å². The van der Waals surface area contributed by atoms with Crippen LogP contribution in [0.15, 0.2) is 43.0 Å². The average Bonchev–Trinajstić information content (AvgIpc) is 3.22. The molecule has 0 saturated carbocycles. The number of amides is 1. The molecule has 0 radical (unpaired) electrons. The van der Waals surface area contributed by atoms with Crippen LogP contribution in [0.4, 0.5) is 4.39 Å². The van der Waals surface area contributed by atoms with Crippen molar-refractivity contribution in [3.05, 3.63) is 59.9 Å². The van der Waals surface area contributed by atoms with Crippen LogP contribution in [0.3, 0.4) is 0 Å². The molecule has 0 saturated heterocycles. The van der Waals surface area contributed by atoms with Crippen LogP contribution in [0.1, 0.15) is 29.8 Å². The van der Waals surface area contributed by atoms with E-state index in [2.05, 4.69) is 20.2 Å². The topological polar surface area (TPSA) is 86.0 Å². The highest BCUT2D eigenvalue weighted by Gasteiger charge is 2.25. The summed E-state index contributed by atoms with van der Waals surface area (Å²) in [6.07, 6.45) is 6.17. The van der Waals surface area contributed by atoms with Gasteiger partial charge < -0.3 is 9.64 Å². The van der Waals surface area contributed by atoms with Crippen LogP contribution >= 0.6 is 0 Å². The van der Waals surface area contributed by atoms with Crippen molar-refractivity contribution in [2.24, 2.45) is 0 Å². The number of hydrogen-bond donors (Lipinski definition) is 0. The first-order chi connectivity index (χ1) is 13.5. The molecule has 0 bridgehead atoms. The van der Waals surface area contributed by atoms with E-state index in [1.807, 2.05) is 20.8 Å². The molecule has 0 N–H and O–H groups in total. The van der Waals surface area contributed by atoms with Gasteiger partial charge in [0.25, 0.3) is 5.91 Å². The first-order valence-electron chi connectivity index (χ1n) is 8.88. The number of nitrogens with zero attached hydrogens (tertiary/aromatic N) is 6. The normalized spacial score (nSPS) is 11.9. The molecule has 0 aliphatic rings. The van der Waals surface area contributed by atoms with Crippen LogP contribution in [0.25, 0.3) is 5.69 Å². The molecule has 0 aliphatic heterocycles. The van der Waals surface area contributed by atoms with Crippen molar-refractivity contribution in [1.29, 1.82) is 0 Å². The van der Waals surface area contributed by atoms with Crippen molar-refractivity contribution >= 4 is 5.91 Å². The largest absolute Gasteiger partial charge is 0.461 e. The lowest BCUT2D eigenvalue weighted by Gasteiger charge is -2.28. The highest BCUT2D eigenvalue weighted by atomic mass is 19.1. The van der Waals surface area contributed by atoms with Crippen LogP contribution in [-0.2, 0) is 0 Å². The zero-order chi connectivity index (χ0) is 20.1. The molecule has 3 aromatic rings. The predicted octanol–water partition coefficient (Wildman–Crippen LogP) is 2.43. The van der Waals surface area contributed by atoms with Crippen molar-refractivity contribution in [2.75, 3.05) is 13.2 Å². The molecule has 146 valence electrons. The van der Waals surface area contributed by atoms with E-state index in [4.69, 9.17) is 4.74 Å². The second kappa shape index (κ2) is 8.55. The van der Waals surface area contributed by atoms with Gasteiger partial charge in [-0.05, 0) is 38.5 Å². The number of ether oxygens (including phenoxy) is 1. The van der Waals surface area contributed by atoms with E-state index < -0.39 is 5.82 Å². The summed E-state index contributed by atoms with van der Waals surface area (Å²) in [5.41, 5.74) is 1.12. The molecule has 2 heterocycles. The lowest BCUT2D eigenvalue weighted by atomic mass is 10.1. The minimum atomic E-state index is -0.574. The SMILES string of the molecule is CCN(C(=O)c1cccc(F)c1-n1nccn1)[C@@H](C)COc1ncc(C)cn1. The third-order valence-electron chi connectivity index (χ3n) is 4.18. The van der Waals surface area contributed by atoms with Crippen LogP contribution < -0.4 is 4.74 Å². The fourth-order valence-electron chi connectivity index (χ4n) is 2.77. The van der Waals surface area contributed by atoms with Crippen molar-refractivity contribution in [3.63, 3.8) is 0 Å². The van der Waals surface area contributed by atoms with Crippen molar-refractivity contribution < 1.29 is 13.9 Å². The minimum Gasteiger partial charge on any atom is -0.461 e. The average molecular weight is 384 g/mol. The van der Waals surface area contributed by atoms with Crippen LogP contribution in [-0.4, -0.2) is 55.0 Å². The highest BCUT2D eigenvalue weighted by Crippen LogP contribution is 2.20. The summed E-state index contributed by atoms with van der Waals surface area (Å²) in [4.78, 5) is 24.0. The number of benzene rings is 1. The van der Waals surface area contributed by atoms with Gasteiger partial charge in [0.2, 0.25) is 0 Å². The van der Waals surface area contributed by atoms with Gasteiger partial charge in [-0.15, -0.1) is 4.80 Å². The lowest BCUT2D eigenvalue weighted by molar-refractivity contribution is 0.0642. The highest BCUT2D eigenvalue weighted by molar-refractivity contribution is 5.98. The zero-order valence-electron chi connectivity index (χ0n) is 15.9. The molecule has 1 aromatic carbocycles. The fourth-order valence-corrected chi connectivity index (χ4v) is 2.77. The monoisotopic (exact) mass is 384 g/mol. The molecule has 0 spiro atoms. The fraction of sp³-hybridized carbons (Fsp3) is 0.316. The zero-order valence-corrected chi connectivity index (χ0v) is 15.9. The Morgan fingerprint density at radius 3 is 2.57 bits per heavy atom. The Balaban J connectivity index is 1.80. The Morgan fingerprint density at radius 2 is 1.93 bits per heavy atom. The third kappa shape index (κ3) is 4.13. The van der Waals surface area contributed by atoms with Gasteiger partial charge >= 0.3 is 6.01 Å². The van der Waals surface area contributed by atoms with Crippen LogP contribution in [0.2, 0.25) is 0 Å². The third-order valence-corrected chi connectivity index (χ3v) is 4.18. The smallest absolute Gasteiger partial charge is 0.316 e. The van der Waals surface area contributed by atoms with E-state index in [9.17, 15) is 9.18 Å². The molecular formula is C19H21FN6O2. The van der Waals surface area contributed by atoms with Gasteiger partial charge in [-0.3, -0.25) is 4.79 Å². The van der Waals surface area contributed by atoms with Crippen molar-refractivity contribution in [2.45, 2.75) is 26.8 Å². The minimum absolute atomic E-state index is 0.0194. The van der Waals surface area contributed by atoms with Gasteiger partial charge in [-0.25, -0.2) is 14.4 Å². The molecule has 3 rings (SSSR count). The Bertz CT molecular complexity index is 930. The molecule has 2 aromatic heterocycles. The molecular weight excluding hydrogens is 363 g/mol. The number of aryl methyl sites for hydroxylation is 1. The Kier molecular flexibility index (Phi) is 5.93. The number of halogens is 1. The van der Waals surface area contributed by atoms with E-state index in [1.165, 1.54) is 24.5 Å². The maximum Gasteiger partial charge on any atom is 0.316 e. The molecule has 1 amide bonds. The van der Waals surface area contributed by atoms with Crippen molar-refractivity contribution in [1.82, 2.24) is 29.9 Å². The van der Waals surface area contributed by atoms with E-state index >= 15 is 0 Å². The second-order valence-corrected chi connectivity index (χ2v) is 6.25. The Morgan fingerprint density at radius 1 is 1.25 bits per heavy atom. The Labute approximate surface area is 162 Å². The molecule has 0 fully saturated rings. The van der Waals surface area contributed by atoms with Crippen LogP contribution in [0.5, 0.6) is 6.01 Å². The van der Waals surface area contributed by atoms with E-state index in [0.29, 0.717) is 6.54 Å². The number of carbonyl (C=O) groups is 1. The summed E-state index contributed by atoms with van der Waals surface area (Å²) in [7, 11) is 0. The first kappa shape index (κ1) is 19.4. The number of para-hydroxylation sites is 1. The maximum absolute atomic E-state index is 14.4. The summed E-state index contributed by atoms with van der Waals surface area (Å²) in [6, 6.07) is 4.28. The number of aromatic nitrogens is 5. The molecule has 8 nitrogen and oxygen atoms in total. The molecule has 1 atom stereocenters. The van der Waals surface area contributed by atoms with Gasteiger partial charge in [0, 0.05) is 18.9 Å². The molecule has 9 heteroatoms. The van der Waals surface area contributed by atoms with E-state index in [0.717, 1.165) is 10.4 Å². The van der Waals surface area contributed by atoms with Crippen molar-refractivity contribution in [3.8, 4) is 11.7 Å². The number of likely N-dealkylation sites (N-methyl/N-ethyl adjacent to an activating group) is 1. The molecule has 0 aliphatic carbocycles. The van der Waals surface area contributed by atoms with Crippen LogP contribution in [0, 0.1) is 12.7 Å². The summed E-state index contributed by atoms with van der Waals surface area (Å²) in [6.45, 7) is 6.20. The Hall–Kier alpha value is -3.36. The van der Waals surface area contributed by atoms with Gasteiger partial charge in [0.1, 0.15) is 12.3 Å². The summed E-state index contributed by atoms with van der Waals surface area (Å²) in [5.74, 6) is -0.912. The predicted molar refractivity (Wildman–Crippen MR) is 99.8 cm³/mol. The maximum atomic E-state index is 14.4. The molecule has 0 unspecified atom stereocenters. The quantitative estimate of drug-likeness (QED) is 0.622. The van der Waals surface area contributed by atoms with E-state index in [-0.39, 0.29) is 35.8 Å². The van der Waals surface area contributed by atoms with Gasteiger partial charge in [-0.2, -0.15) is 10.2 Å². The number of rotatable bonds is 7. The lowest BCUT2D eigenvalue weighted by Crippen LogP contribution is -2.42. The summed E-state index contributed by atoms with van der Waals surface area (Å²) in [5, 5.41) is 7.91. The molecule has 28 heavy (non-hydrogen) atoms. The van der Waals surface area contributed by atoms with E-state index in [1.54, 1.807) is 23.4 Å². The number of carbonyl (C=O) groups excluding carboxylic acids is 1. The summed E-state index contributed by atoms with van der Waals surface area (Å²) < 4.78 is 20.0. The standard InChI is InChI=1S/C19H21FN6O2/c1-4-25(14(3)12-28-19-21-10-13(2)11-22-19)18(27)15-6-5-7-16(20)17(15)26-23-8-9-24-26/h5-11,14H,4,12H2,1-3H3/t14-/m0/s1. The summed E-state index contributed by atoms with van der Waals surface area (Å²) >= 11 is 0.